The summed E-state index contributed by atoms with van der Waals surface area (Å²) in [6.45, 7) is 1.78. The van der Waals surface area contributed by atoms with Gasteiger partial charge in [-0.3, -0.25) is 4.79 Å². The number of carbonyl (C=O) groups excluding carboxylic acids is 1. The molecule has 0 radical (unpaired) electrons. The van der Waals surface area contributed by atoms with Crippen LogP contribution in [0.5, 0.6) is 0 Å². The van der Waals surface area contributed by atoms with E-state index in [1.54, 1.807) is 25.3 Å². The molecule has 2 rings (SSSR count). The molecular weight excluding hydrogens is 284 g/mol. The number of pyridine rings is 1. The number of benzene rings is 1. The number of H-pyrrole nitrogens is 1. The molecule has 3 N–H and O–H groups in total. The third kappa shape index (κ3) is 4.24. The van der Waals surface area contributed by atoms with Crippen molar-refractivity contribution in [3.05, 3.63) is 64.4 Å². The van der Waals surface area contributed by atoms with Crippen LogP contribution < -0.4 is 5.32 Å². The molecule has 0 aliphatic heterocycles. The highest BCUT2D eigenvalue weighted by Crippen LogP contribution is 2.07. The first-order chi connectivity index (χ1) is 10.1. The normalized spacial score (nSPS) is 13.4. The van der Waals surface area contributed by atoms with Gasteiger partial charge in [0.25, 0.3) is 5.91 Å². The summed E-state index contributed by atoms with van der Waals surface area (Å²) in [6.07, 6.45) is 1.51. The van der Waals surface area contributed by atoms with Gasteiger partial charge in [-0.05, 0) is 24.6 Å². The fraction of sp³-hybridized carbons (Fsp3) is 0.250. The summed E-state index contributed by atoms with van der Waals surface area (Å²) >= 11 is 5.07. The minimum Gasteiger partial charge on any atom is -0.391 e. The van der Waals surface area contributed by atoms with Crippen molar-refractivity contribution in [3.63, 3.8) is 0 Å². The highest BCUT2D eigenvalue weighted by atomic mass is 32.1. The molecular formula is C16H18N2O2S. The average molecular weight is 302 g/mol. The first kappa shape index (κ1) is 15.4. The van der Waals surface area contributed by atoms with E-state index in [9.17, 15) is 9.90 Å². The Morgan fingerprint density at radius 2 is 2.00 bits per heavy atom. The summed E-state index contributed by atoms with van der Waals surface area (Å²) in [6, 6.07) is 12.7. The lowest BCUT2D eigenvalue weighted by Gasteiger charge is -2.20. The molecule has 4 nitrogen and oxygen atoms in total. The van der Waals surface area contributed by atoms with Crippen LogP contribution in [0.4, 0.5) is 0 Å². The number of aromatic nitrogens is 1. The fourth-order valence-corrected chi connectivity index (χ4v) is 2.24. The number of aromatic amines is 1. The van der Waals surface area contributed by atoms with Gasteiger partial charge in [0.05, 0.1) is 17.7 Å². The number of amides is 1. The Labute approximate surface area is 128 Å². The van der Waals surface area contributed by atoms with E-state index < -0.39 is 6.10 Å². The second-order valence-electron chi connectivity index (χ2n) is 4.93. The van der Waals surface area contributed by atoms with Crippen molar-refractivity contribution in [2.45, 2.75) is 25.5 Å². The van der Waals surface area contributed by atoms with Gasteiger partial charge in [0.15, 0.2) is 0 Å². The van der Waals surface area contributed by atoms with Gasteiger partial charge in [0, 0.05) is 12.6 Å². The largest absolute Gasteiger partial charge is 0.391 e. The first-order valence-corrected chi connectivity index (χ1v) is 7.19. The Bertz CT molecular complexity index is 655. The van der Waals surface area contributed by atoms with Gasteiger partial charge in [-0.25, -0.2) is 0 Å². The summed E-state index contributed by atoms with van der Waals surface area (Å²) in [5, 5.41) is 13.0. The average Bonchev–Trinajstić information content (AvgIpc) is 2.48. The molecule has 2 atom stereocenters. The second kappa shape index (κ2) is 7.15. The number of rotatable bonds is 5. The Kier molecular flexibility index (Phi) is 5.25. The van der Waals surface area contributed by atoms with Crippen molar-refractivity contribution in [1.82, 2.24) is 10.3 Å². The van der Waals surface area contributed by atoms with E-state index in [1.165, 1.54) is 0 Å². The van der Waals surface area contributed by atoms with E-state index >= 15 is 0 Å². The molecule has 0 spiro atoms. The van der Waals surface area contributed by atoms with Gasteiger partial charge in [0.2, 0.25) is 0 Å². The second-order valence-corrected chi connectivity index (χ2v) is 5.34. The van der Waals surface area contributed by atoms with Crippen LogP contribution in [0.15, 0.2) is 48.7 Å². The molecule has 0 saturated heterocycles. The van der Waals surface area contributed by atoms with Gasteiger partial charge >= 0.3 is 0 Å². The van der Waals surface area contributed by atoms with Crippen molar-refractivity contribution in [2.75, 3.05) is 0 Å². The van der Waals surface area contributed by atoms with Gasteiger partial charge in [-0.1, -0.05) is 42.5 Å². The quantitative estimate of drug-likeness (QED) is 0.743. The van der Waals surface area contributed by atoms with Crippen molar-refractivity contribution in [1.29, 1.82) is 0 Å². The summed E-state index contributed by atoms with van der Waals surface area (Å²) in [5.41, 5.74) is 1.44. The molecule has 21 heavy (non-hydrogen) atoms. The number of hydrogen-bond donors (Lipinski definition) is 3. The summed E-state index contributed by atoms with van der Waals surface area (Å²) in [4.78, 5) is 14.9. The van der Waals surface area contributed by atoms with Gasteiger partial charge in [-0.15, -0.1) is 0 Å². The fourth-order valence-electron chi connectivity index (χ4n) is 2.01. The number of aliphatic hydroxyl groups is 1. The van der Waals surface area contributed by atoms with Gasteiger partial charge in [0.1, 0.15) is 4.64 Å². The van der Waals surface area contributed by atoms with E-state index in [2.05, 4.69) is 10.3 Å². The molecule has 0 saturated carbocycles. The minimum absolute atomic E-state index is 0.281. The number of carbonyl (C=O) groups is 1. The molecule has 0 aliphatic carbocycles. The van der Waals surface area contributed by atoms with E-state index in [1.807, 2.05) is 30.3 Å². The molecule has 0 aliphatic rings. The minimum atomic E-state index is -0.655. The van der Waals surface area contributed by atoms with E-state index in [-0.39, 0.29) is 11.9 Å². The molecule has 1 aromatic heterocycles. The standard InChI is InChI=1S/C16H18N2O2S/c1-11(14(19)10-12-6-3-2-4-7-12)18-15(20)13-8-5-9-17-16(13)21/h2-9,11,14,19H,10H2,1H3,(H,17,21)(H,18,20). The van der Waals surface area contributed by atoms with E-state index in [0.29, 0.717) is 16.6 Å². The highest BCUT2D eigenvalue weighted by Gasteiger charge is 2.18. The maximum Gasteiger partial charge on any atom is 0.254 e. The van der Waals surface area contributed by atoms with Crippen molar-refractivity contribution >= 4 is 18.1 Å². The molecule has 110 valence electrons. The molecule has 2 aromatic rings. The lowest BCUT2D eigenvalue weighted by molar-refractivity contribution is 0.0851. The maximum atomic E-state index is 12.1. The maximum absolute atomic E-state index is 12.1. The summed E-state index contributed by atoms with van der Waals surface area (Å²) < 4.78 is 0.389. The molecule has 5 heteroatoms. The Balaban J connectivity index is 1.98. The lowest BCUT2D eigenvalue weighted by atomic mass is 10.0. The van der Waals surface area contributed by atoms with Crippen LogP contribution in [0.3, 0.4) is 0 Å². The zero-order chi connectivity index (χ0) is 15.2. The smallest absolute Gasteiger partial charge is 0.254 e. The first-order valence-electron chi connectivity index (χ1n) is 6.78. The molecule has 1 amide bonds. The van der Waals surface area contributed by atoms with Crippen LogP contribution >= 0.6 is 12.2 Å². The molecule has 1 aromatic carbocycles. The van der Waals surface area contributed by atoms with Crippen molar-refractivity contribution in [3.8, 4) is 0 Å². The number of nitrogens with one attached hydrogen (secondary N) is 2. The predicted octanol–water partition coefficient (Wildman–Crippen LogP) is 2.47. The van der Waals surface area contributed by atoms with Crippen molar-refractivity contribution in [2.24, 2.45) is 0 Å². The molecule has 1 heterocycles. The Hall–Kier alpha value is -1.98. The van der Waals surface area contributed by atoms with Crippen molar-refractivity contribution < 1.29 is 9.90 Å². The summed E-state index contributed by atoms with van der Waals surface area (Å²) in [7, 11) is 0. The van der Waals surface area contributed by atoms with E-state index in [4.69, 9.17) is 12.2 Å². The third-order valence-electron chi connectivity index (χ3n) is 3.29. The third-order valence-corrected chi connectivity index (χ3v) is 3.62. The van der Waals surface area contributed by atoms with Crippen LogP contribution in [0, 0.1) is 4.64 Å². The van der Waals surface area contributed by atoms with Crippen LogP contribution in [-0.2, 0) is 6.42 Å². The van der Waals surface area contributed by atoms with E-state index in [0.717, 1.165) is 5.56 Å². The van der Waals surface area contributed by atoms with Crippen LogP contribution in [0.1, 0.15) is 22.8 Å². The molecule has 0 bridgehead atoms. The SMILES string of the molecule is CC(NC(=O)c1ccc[nH]c1=S)C(O)Cc1ccccc1. The van der Waals surface area contributed by atoms with Crippen LogP contribution in [-0.4, -0.2) is 28.1 Å². The number of aliphatic hydroxyl groups excluding tert-OH is 1. The van der Waals surface area contributed by atoms with Gasteiger partial charge in [-0.2, -0.15) is 0 Å². The monoisotopic (exact) mass is 302 g/mol. The van der Waals surface area contributed by atoms with Crippen LogP contribution in [0.2, 0.25) is 0 Å². The topological polar surface area (TPSA) is 65.1 Å². The molecule has 0 fully saturated rings. The predicted molar refractivity (Wildman–Crippen MR) is 84.7 cm³/mol. The van der Waals surface area contributed by atoms with Crippen LogP contribution in [0.25, 0.3) is 0 Å². The number of hydrogen-bond acceptors (Lipinski definition) is 3. The highest BCUT2D eigenvalue weighted by molar-refractivity contribution is 7.71. The molecule has 2 unspecified atom stereocenters. The summed E-state index contributed by atoms with van der Waals surface area (Å²) in [5.74, 6) is -0.281. The zero-order valence-electron chi connectivity index (χ0n) is 11.7. The Morgan fingerprint density at radius 3 is 2.67 bits per heavy atom. The zero-order valence-corrected chi connectivity index (χ0v) is 12.6. The lowest BCUT2D eigenvalue weighted by Crippen LogP contribution is -2.42. The Morgan fingerprint density at radius 1 is 1.29 bits per heavy atom. The van der Waals surface area contributed by atoms with Gasteiger partial charge < -0.3 is 15.4 Å².